The minimum Gasteiger partial charge on any atom is -0.479 e. The third-order valence-corrected chi connectivity index (χ3v) is 2.97. The summed E-state index contributed by atoms with van der Waals surface area (Å²) < 4.78 is 5.08. The molecule has 0 saturated carbocycles. The fourth-order valence-corrected chi connectivity index (χ4v) is 1.90. The lowest BCUT2D eigenvalue weighted by atomic mass is 10.2. The highest BCUT2D eigenvalue weighted by molar-refractivity contribution is 6.30. The third-order valence-electron chi connectivity index (χ3n) is 2.71. The highest BCUT2D eigenvalue weighted by Crippen LogP contribution is 2.27. The summed E-state index contributed by atoms with van der Waals surface area (Å²) in [5, 5.41) is 0.717. The molecule has 2 N–H and O–H groups in total. The molecule has 2 rings (SSSR count). The maximum Gasteiger partial charge on any atom is 0.242 e. The normalized spacial score (nSPS) is 10.3. The Kier molecular flexibility index (Phi) is 4.06. The van der Waals surface area contributed by atoms with Crippen molar-refractivity contribution in [3.8, 4) is 5.88 Å². The third kappa shape index (κ3) is 3.06. The number of anilines is 2. The van der Waals surface area contributed by atoms with E-state index < -0.39 is 0 Å². The maximum atomic E-state index is 5.96. The van der Waals surface area contributed by atoms with Crippen LogP contribution in [-0.2, 0) is 6.54 Å². The number of aromatic nitrogens is 2. The van der Waals surface area contributed by atoms with Crippen LogP contribution in [0, 0.1) is 0 Å². The standard InChI is InChI=1S/C13H15ClN4O/c1-18(7-9-3-5-10(14)6-4-9)12-11(15)13(19-2)17-8-16-12/h3-6,8H,7,15H2,1-2H3. The lowest BCUT2D eigenvalue weighted by Crippen LogP contribution is -2.19. The van der Waals surface area contributed by atoms with Crippen LogP contribution >= 0.6 is 11.6 Å². The minimum absolute atomic E-state index is 0.382. The lowest BCUT2D eigenvalue weighted by Gasteiger charge is -2.20. The average molecular weight is 279 g/mol. The van der Waals surface area contributed by atoms with Crippen LogP contribution in [0.2, 0.25) is 5.02 Å². The molecule has 0 unspecified atom stereocenters. The van der Waals surface area contributed by atoms with E-state index in [1.54, 1.807) is 0 Å². The second kappa shape index (κ2) is 5.75. The fourth-order valence-electron chi connectivity index (χ4n) is 1.78. The van der Waals surface area contributed by atoms with Crippen molar-refractivity contribution in [2.24, 2.45) is 0 Å². The second-order valence-electron chi connectivity index (χ2n) is 4.10. The van der Waals surface area contributed by atoms with Gasteiger partial charge in [0, 0.05) is 18.6 Å². The molecule has 1 aromatic carbocycles. The summed E-state index contributed by atoms with van der Waals surface area (Å²) in [7, 11) is 3.44. The zero-order chi connectivity index (χ0) is 13.8. The predicted octanol–water partition coefficient (Wildman–Crippen LogP) is 2.36. The number of ether oxygens (including phenoxy) is 1. The van der Waals surface area contributed by atoms with E-state index in [1.165, 1.54) is 13.4 Å². The molecule has 0 aliphatic carbocycles. The van der Waals surface area contributed by atoms with E-state index in [0.717, 1.165) is 10.6 Å². The summed E-state index contributed by atoms with van der Waals surface area (Å²) in [6.45, 7) is 0.668. The Hall–Kier alpha value is -2.01. The summed E-state index contributed by atoms with van der Waals surface area (Å²) in [5.74, 6) is 1.02. The smallest absolute Gasteiger partial charge is 0.242 e. The van der Waals surface area contributed by atoms with Gasteiger partial charge < -0.3 is 15.4 Å². The van der Waals surface area contributed by atoms with Crippen LogP contribution in [0.3, 0.4) is 0 Å². The molecule has 100 valence electrons. The average Bonchev–Trinajstić information content (AvgIpc) is 2.41. The number of hydrogen-bond donors (Lipinski definition) is 1. The Labute approximate surface area is 117 Å². The van der Waals surface area contributed by atoms with Crippen LogP contribution in [0.1, 0.15) is 5.56 Å². The van der Waals surface area contributed by atoms with Gasteiger partial charge in [-0.15, -0.1) is 0 Å². The van der Waals surface area contributed by atoms with Gasteiger partial charge in [-0.25, -0.2) is 4.98 Å². The van der Waals surface area contributed by atoms with Crippen LogP contribution in [0.4, 0.5) is 11.5 Å². The number of benzene rings is 1. The molecule has 0 amide bonds. The van der Waals surface area contributed by atoms with Gasteiger partial charge in [-0.05, 0) is 17.7 Å². The molecular weight excluding hydrogens is 264 g/mol. The first-order valence-electron chi connectivity index (χ1n) is 5.72. The molecule has 6 heteroatoms. The molecule has 0 aliphatic heterocycles. The number of nitrogens with zero attached hydrogens (tertiary/aromatic N) is 3. The van der Waals surface area contributed by atoms with Crippen molar-refractivity contribution in [1.82, 2.24) is 9.97 Å². The number of nitrogen functional groups attached to an aromatic ring is 1. The highest BCUT2D eigenvalue weighted by Gasteiger charge is 2.12. The molecule has 0 fully saturated rings. The first kappa shape index (κ1) is 13.4. The molecule has 5 nitrogen and oxygen atoms in total. The van der Waals surface area contributed by atoms with E-state index in [-0.39, 0.29) is 0 Å². The molecule has 1 aromatic heterocycles. The number of nitrogens with two attached hydrogens (primary N) is 1. The van der Waals surface area contributed by atoms with Crippen molar-refractivity contribution in [2.75, 3.05) is 24.8 Å². The van der Waals surface area contributed by atoms with E-state index in [4.69, 9.17) is 22.1 Å². The summed E-state index contributed by atoms with van der Waals surface area (Å²) in [4.78, 5) is 10.1. The largest absolute Gasteiger partial charge is 0.479 e. The molecule has 0 saturated heterocycles. The molecule has 19 heavy (non-hydrogen) atoms. The van der Waals surface area contributed by atoms with Crippen LogP contribution < -0.4 is 15.4 Å². The number of hydrogen-bond acceptors (Lipinski definition) is 5. The molecule has 0 bridgehead atoms. The molecule has 0 atom stereocenters. The monoisotopic (exact) mass is 278 g/mol. The summed E-state index contributed by atoms with van der Waals surface area (Å²) in [6.07, 6.45) is 1.43. The van der Waals surface area contributed by atoms with Gasteiger partial charge in [0.15, 0.2) is 5.82 Å². The van der Waals surface area contributed by atoms with E-state index in [0.29, 0.717) is 23.9 Å². The Morgan fingerprint density at radius 3 is 2.58 bits per heavy atom. The van der Waals surface area contributed by atoms with E-state index in [9.17, 15) is 0 Å². The van der Waals surface area contributed by atoms with Crippen molar-refractivity contribution in [1.29, 1.82) is 0 Å². The van der Waals surface area contributed by atoms with Crippen molar-refractivity contribution in [3.63, 3.8) is 0 Å². The van der Waals surface area contributed by atoms with Crippen molar-refractivity contribution >= 4 is 23.1 Å². The maximum absolute atomic E-state index is 5.96. The van der Waals surface area contributed by atoms with Gasteiger partial charge in [-0.3, -0.25) is 0 Å². The van der Waals surface area contributed by atoms with Gasteiger partial charge >= 0.3 is 0 Å². The van der Waals surface area contributed by atoms with Gasteiger partial charge in [-0.2, -0.15) is 4.98 Å². The second-order valence-corrected chi connectivity index (χ2v) is 4.54. The van der Waals surface area contributed by atoms with Crippen molar-refractivity contribution < 1.29 is 4.74 Å². The quantitative estimate of drug-likeness (QED) is 0.930. The van der Waals surface area contributed by atoms with Gasteiger partial charge in [0.2, 0.25) is 5.88 Å². The molecule has 0 radical (unpaired) electrons. The first-order valence-corrected chi connectivity index (χ1v) is 6.09. The van der Waals surface area contributed by atoms with Crippen LogP contribution in [0.25, 0.3) is 0 Å². The van der Waals surface area contributed by atoms with Gasteiger partial charge in [-0.1, -0.05) is 23.7 Å². The first-order chi connectivity index (χ1) is 9.11. The van der Waals surface area contributed by atoms with E-state index in [1.807, 2.05) is 36.2 Å². The molecule has 0 aliphatic rings. The topological polar surface area (TPSA) is 64.3 Å². The Morgan fingerprint density at radius 1 is 1.26 bits per heavy atom. The van der Waals surface area contributed by atoms with Gasteiger partial charge in [0.05, 0.1) is 7.11 Å². The molecule has 1 heterocycles. The number of halogens is 1. The highest BCUT2D eigenvalue weighted by atomic mass is 35.5. The number of methoxy groups -OCH3 is 1. The fraction of sp³-hybridized carbons (Fsp3) is 0.231. The minimum atomic E-state index is 0.382. The lowest BCUT2D eigenvalue weighted by molar-refractivity contribution is 0.399. The zero-order valence-electron chi connectivity index (χ0n) is 10.8. The molecular formula is C13H15ClN4O. The Balaban J connectivity index is 2.20. The number of rotatable bonds is 4. The predicted molar refractivity (Wildman–Crippen MR) is 76.6 cm³/mol. The SMILES string of the molecule is COc1ncnc(N(C)Cc2ccc(Cl)cc2)c1N. The zero-order valence-corrected chi connectivity index (χ0v) is 11.6. The Bertz CT molecular complexity index is 559. The van der Waals surface area contributed by atoms with Crippen LogP contribution in [-0.4, -0.2) is 24.1 Å². The van der Waals surface area contributed by atoms with Crippen molar-refractivity contribution in [3.05, 3.63) is 41.2 Å². The van der Waals surface area contributed by atoms with Crippen LogP contribution in [0.15, 0.2) is 30.6 Å². The molecule has 2 aromatic rings. The summed E-state index contributed by atoms with van der Waals surface area (Å²) >= 11 is 5.86. The van der Waals surface area contributed by atoms with Crippen LogP contribution in [0.5, 0.6) is 5.88 Å². The Morgan fingerprint density at radius 2 is 1.95 bits per heavy atom. The van der Waals surface area contributed by atoms with E-state index >= 15 is 0 Å². The van der Waals surface area contributed by atoms with E-state index in [2.05, 4.69) is 9.97 Å². The van der Waals surface area contributed by atoms with Gasteiger partial charge in [0.1, 0.15) is 12.0 Å². The summed E-state index contributed by atoms with van der Waals surface area (Å²) in [5.41, 5.74) is 7.51. The van der Waals surface area contributed by atoms with Crippen molar-refractivity contribution in [2.45, 2.75) is 6.54 Å². The molecule has 0 spiro atoms. The van der Waals surface area contributed by atoms with Gasteiger partial charge in [0.25, 0.3) is 0 Å². The summed E-state index contributed by atoms with van der Waals surface area (Å²) in [6, 6.07) is 7.64.